The van der Waals surface area contributed by atoms with Crippen molar-refractivity contribution in [1.82, 2.24) is 0 Å². The third-order valence-corrected chi connectivity index (χ3v) is 5.72. The van der Waals surface area contributed by atoms with E-state index in [-0.39, 0.29) is 11.9 Å². The summed E-state index contributed by atoms with van der Waals surface area (Å²) in [5.74, 6) is -0.358. The molecule has 0 radical (unpaired) electrons. The minimum atomic E-state index is -3.14. The molecule has 1 aromatic carbocycles. The predicted octanol–water partition coefficient (Wildman–Crippen LogP) is 2.97. The minimum Gasteiger partial charge on any atom is -0.382 e. The molecule has 1 saturated carbocycles. The van der Waals surface area contributed by atoms with Crippen LogP contribution in [-0.2, 0) is 19.3 Å². The predicted molar refractivity (Wildman–Crippen MR) is 89.3 cm³/mol. The molecule has 2 aliphatic rings. The van der Waals surface area contributed by atoms with Gasteiger partial charge in [0, 0.05) is 31.3 Å². The number of ether oxygens (including phenoxy) is 2. The van der Waals surface area contributed by atoms with Crippen LogP contribution >= 0.6 is 0 Å². The van der Waals surface area contributed by atoms with E-state index in [9.17, 15) is 8.42 Å². The van der Waals surface area contributed by atoms with Crippen LogP contribution in [-0.4, -0.2) is 39.7 Å². The van der Waals surface area contributed by atoms with Crippen LogP contribution < -0.4 is 5.32 Å². The van der Waals surface area contributed by atoms with Crippen LogP contribution in [0.1, 0.15) is 38.5 Å². The van der Waals surface area contributed by atoms with Crippen LogP contribution in [0, 0.1) is 0 Å². The molecule has 0 amide bonds. The van der Waals surface area contributed by atoms with Gasteiger partial charge >= 0.3 is 0 Å². The number of rotatable bonds is 4. The Hall–Kier alpha value is -1.11. The normalized spacial score (nSPS) is 24.5. The summed E-state index contributed by atoms with van der Waals surface area (Å²) < 4.78 is 35.1. The summed E-state index contributed by atoms with van der Waals surface area (Å²) in [5, 5.41) is 3.30. The SMILES string of the molecule is CS(=O)(=O)c1ccc(NCC2COC3(CCCCCC3)O2)cc1. The third kappa shape index (κ3) is 4.25. The molecular weight excluding hydrogens is 314 g/mol. The number of anilines is 1. The fourth-order valence-electron chi connectivity index (χ4n) is 3.30. The van der Waals surface area contributed by atoms with E-state index in [1.54, 1.807) is 24.3 Å². The molecule has 1 saturated heterocycles. The second-order valence-corrected chi connectivity index (χ2v) is 8.57. The summed E-state index contributed by atoms with van der Waals surface area (Å²) in [5.41, 5.74) is 0.891. The monoisotopic (exact) mass is 339 g/mol. The standard InChI is InChI=1S/C17H25NO4S/c1-23(19,20)16-8-6-14(7-9-16)18-12-15-13-21-17(22-15)10-4-2-3-5-11-17/h6-9,15,18H,2-5,10-13H2,1H3. The molecule has 0 bridgehead atoms. The maximum absolute atomic E-state index is 11.5. The van der Waals surface area contributed by atoms with Crippen molar-refractivity contribution in [1.29, 1.82) is 0 Å². The van der Waals surface area contributed by atoms with E-state index in [1.807, 2.05) is 0 Å². The average Bonchev–Trinajstić information content (AvgIpc) is 2.76. The highest BCUT2D eigenvalue weighted by Crippen LogP contribution is 2.36. The van der Waals surface area contributed by atoms with Gasteiger partial charge < -0.3 is 14.8 Å². The molecule has 1 N–H and O–H groups in total. The smallest absolute Gasteiger partial charge is 0.175 e. The first-order valence-corrected chi connectivity index (χ1v) is 10.2. The first-order valence-electron chi connectivity index (χ1n) is 8.33. The number of sulfone groups is 1. The number of hydrogen-bond acceptors (Lipinski definition) is 5. The molecule has 1 atom stereocenters. The lowest BCUT2D eigenvalue weighted by molar-refractivity contribution is -0.174. The maximum atomic E-state index is 11.5. The van der Waals surface area contributed by atoms with Gasteiger partial charge in [-0.05, 0) is 37.1 Å². The van der Waals surface area contributed by atoms with Crippen molar-refractivity contribution in [3.05, 3.63) is 24.3 Å². The van der Waals surface area contributed by atoms with Crippen LogP contribution in [0.15, 0.2) is 29.2 Å². The fraction of sp³-hybridized carbons (Fsp3) is 0.647. The molecule has 1 aromatic rings. The van der Waals surface area contributed by atoms with Gasteiger partial charge in [-0.2, -0.15) is 0 Å². The Morgan fingerprint density at radius 1 is 1.13 bits per heavy atom. The van der Waals surface area contributed by atoms with Crippen LogP contribution in [0.2, 0.25) is 0 Å². The van der Waals surface area contributed by atoms with E-state index < -0.39 is 9.84 Å². The molecule has 0 aromatic heterocycles. The lowest BCUT2D eigenvalue weighted by Crippen LogP contribution is -2.31. The van der Waals surface area contributed by atoms with Gasteiger partial charge in [0.1, 0.15) is 6.10 Å². The summed E-state index contributed by atoms with van der Waals surface area (Å²) in [6, 6.07) is 6.81. The second-order valence-electron chi connectivity index (χ2n) is 6.55. The van der Waals surface area contributed by atoms with Gasteiger partial charge in [-0.3, -0.25) is 0 Å². The van der Waals surface area contributed by atoms with Crippen molar-refractivity contribution < 1.29 is 17.9 Å². The van der Waals surface area contributed by atoms with Crippen molar-refractivity contribution in [2.45, 2.75) is 55.3 Å². The first-order chi connectivity index (χ1) is 11.0. The Morgan fingerprint density at radius 3 is 2.39 bits per heavy atom. The van der Waals surface area contributed by atoms with Gasteiger partial charge in [0.25, 0.3) is 0 Å². The zero-order valence-electron chi connectivity index (χ0n) is 13.6. The summed E-state index contributed by atoms with van der Waals surface area (Å²) in [6.07, 6.45) is 8.13. The van der Waals surface area contributed by atoms with Gasteiger partial charge in [0.05, 0.1) is 11.5 Å². The number of hydrogen-bond donors (Lipinski definition) is 1. The van der Waals surface area contributed by atoms with Crippen molar-refractivity contribution >= 4 is 15.5 Å². The zero-order valence-corrected chi connectivity index (χ0v) is 14.4. The Kier molecular flexibility index (Phi) is 4.94. The van der Waals surface area contributed by atoms with Gasteiger partial charge in [-0.25, -0.2) is 8.42 Å². The lowest BCUT2D eigenvalue weighted by Gasteiger charge is -2.26. The average molecular weight is 339 g/mol. The van der Waals surface area contributed by atoms with Gasteiger partial charge in [-0.15, -0.1) is 0 Å². The molecule has 1 aliphatic heterocycles. The van der Waals surface area contributed by atoms with E-state index in [2.05, 4.69) is 5.32 Å². The highest BCUT2D eigenvalue weighted by molar-refractivity contribution is 7.90. The van der Waals surface area contributed by atoms with Crippen LogP contribution in [0.5, 0.6) is 0 Å². The number of nitrogens with one attached hydrogen (secondary N) is 1. The molecular formula is C17H25NO4S. The summed E-state index contributed by atoms with van der Waals surface area (Å²) >= 11 is 0. The summed E-state index contributed by atoms with van der Waals surface area (Å²) in [4.78, 5) is 0.334. The van der Waals surface area contributed by atoms with Crippen molar-refractivity contribution in [2.24, 2.45) is 0 Å². The fourth-order valence-corrected chi connectivity index (χ4v) is 3.93. The van der Waals surface area contributed by atoms with Crippen LogP contribution in [0.25, 0.3) is 0 Å². The lowest BCUT2D eigenvalue weighted by atomic mass is 10.1. The molecule has 1 unspecified atom stereocenters. The van der Waals surface area contributed by atoms with Crippen LogP contribution in [0.3, 0.4) is 0 Å². The molecule has 128 valence electrons. The van der Waals surface area contributed by atoms with Crippen molar-refractivity contribution in [3.63, 3.8) is 0 Å². The van der Waals surface area contributed by atoms with Gasteiger partial charge in [0.2, 0.25) is 0 Å². The Labute approximate surface area is 138 Å². The molecule has 1 spiro atoms. The van der Waals surface area contributed by atoms with Gasteiger partial charge in [-0.1, -0.05) is 12.8 Å². The molecule has 6 heteroatoms. The van der Waals surface area contributed by atoms with Crippen LogP contribution in [0.4, 0.5) is 5.69 Å². The van der Waals surface area contributed by atoms with Crippen molar-refractivity contribution in [2.75, 3.05) is 24.7 Å². The largest absolute Gasteiger partial charge is 0.382 e. The summed E-state index contributed by atoms with van der Waals surface area (Å²) in [7, 11) is -3.14. The van der Waals surface area contributed by atoms with E-state index in [0.29, 0.717) is 18.0 Å². The Bertz CT molecular complexity index is 618. The van der Waals surface area contributed by atoms with E-state index >= 15 is 0 Å². The molecule has 3 rings (SSSR count). The minimum absolute atomic E-state index is 0.0442. The maximum Gasteiger partial charge on any atom is 0.175 e. The molecule has 23 heavy (non-hydrogen) atoms. The van der Waals surface area contributed by atoms with Crippen molar-refractivity contribution in [3.8, 4) is 0 Å². The highest BCUT2D eigenvalue weighted by Gasteiger charge is 2.41. The van der Waals surface area contributed by atoms with Gasteiger partial charge in [0.15, 0.2) is 15.6 Å². The summed E-state index contributed by atoms with van der Waals surface area (Å²) in [6.45, 7) is 1.29. The molecule has 1 heterocycles. The zero-order chi connectivity index (χ0) is 16.3. The topological polar surface area (TPSA) is 64.6 Å². The molecule has 1 aliphatic carbocycles. The quantitative estimate of drug-likeness (QED) is 0.913. The second kappa shape index (κ2) is 6.79. The van der Waals surface area contributed by atoms with E-state index in [0.717, 1.165) is 18.5 Å². The first kappa shape index (κ1) is 16.7. The Balaban J connectivity index is 1.53. The molecule has 5 nitrogen and oxygen atoms in total. The molecule has 2 fully saturated rings. The van der Waals surface area contributed by atoms with E-state index in [4.69, 9.17) is 9.47 Å². The highest BCUT2D eigenvalue weighted by atomic mass is 32.2. The number of benzene rings is 1. The van der Waals surface area contributed by atoms with E-state index in [1.165, 1.54) is 31.9 Å². The Morgan fingerprint density at radius 2 is 1.78 bits per heavy atom. The third-order valence-electron chi connectivity index (χ3n) is 4.60.